The molecule has 0 aromatic heterocycles. The van der Waals surface area contributed by atoms with E-state index < -0.39 is 5.97 Å². The van der Waals surface area contributed by atoms with E-state index in [4.69, 9.17) is 10.2 Å². The summed E-state index contributed by atoms with van der Waals surface area (Å²) >= 11 is 0. The highest BCUT2D eigenvalue weighted by Crippen LogP contribution is 2.08. The molecule has 1 amide bonds. The lowest BCUT2D eigenvalue weighted by Gasteiger charge is -2.10. The molecule has 0 fully saturated rings. The zero-order valence-corrected chi connectivity index (χ0v) is 12.3. The molecule has 1 aromatic carbocycles. The van der Waals surface area contributed by atoms with Crippen LogP contribution in [0.15, 0.2) is 24.3 Å². The van der Waals surface area contributed by atoms with Gasteiger partial charge in [0.2, 0.25) is 5.91 Å². The second-order valence-corrected chi connectivity index (χ2v) is 4.67. The van der Waals surface area contributed by atoms with Gasteiger partial charge in [-0.2, -0.15) is 0 Å². The number of aliphatic hydroxyl groups excluding tert-OH is 1. The van der Waals surface area contributed by atoms with E-state index in [-0.39, 0.29) is 17.6 Å². The van der Waals surface area contributed by atoms with E-state index in [9.17, 15) is 9.59 Å². The number of likely N-dealkylation sites (N-methyl/N-ethyl adjacent to an activating group) is 1. The molecule has 6 heteroatoms. The maximum atomic E-state index is 10.6. The first-order valence-corrected chi connectivity index (χ1v) is 6.16. The number of aromatic carboxylic acids is 1. The molecule has 0 aliphatic rings. The number of rotatable bonds is 4. The Hall–Kier alpha value is -1.92. The van der Waals surface area contributed by atoms with Crippen LogP contribution in [-0.4, -0.2) is 53.7 Å². The zero-order chi connectivity index (χ0) is 15.7. The van der Waals surface area contributed by atoms with Gasteiger partial charge in [-0.1, -0.05) is 0 Å². The molecule has 1 aromatic rings. The van der Waals surface area contributed by atoms with Crippen molar-refractivity contribution >= 4 is 17.6 Å². The molecule has 0 aliphatic carbocycles. The molecule has 0 saturated carbocycles. The van der Waals surface area contributed by atoms with Gasteiger partial charge in [-0.05, 0) is 45.3 Å². The molecule has 0 bridgehead atoms. The van der Waals surface area contributed by atoms with Gasteiger partial charge >= 0.3 is 5.97 Å². The average molecular weight is 282 g/mol. The lowest BCUT2D eigenvalue weighted by Crippen LogP contribution is -2.22. The molecule has 1 atom stereocenters. The number of nitrogens with zero attached hydrogens (tertiary/aromatic N) is 1. The molecule has 20 heavy (non-hydrogen) atoms. The topological polar surface area (TPSA) is 89.9 Å². The van der Waals surface area contributed by atoms with Crippen molar-refractivity contribution in [3.05, 3.63) is 29.8 Å². The number of aliphatic hydroxyl groups is 1. The van der Waals surface area contributed by atoms with Crippen LogP contribution in [0.25, 0.3) is 0 Å². The van der Waals surface area contributed by atoms with Gasteiger partial charge in [0.25, 0.3) is 0 Å². The van der Waals surface area contributed by atoms with Crippen molar-refractivity contribution in [2.45, 2.75) is 20.0 Å². The summed E-state index contributed by atoms with van der Waals surface area (Å²) in [5, 5.41) is 19.8. The monoisotopic (exact) mass is 282 g/mol. The number of anilines is 1. The standard InChI is InChI=1S/C9H9NO3.C5H13NO/c1-6(11)10-8-4-2-7(3-5-8)9(12)13;1-5(7)4-6(2)3/h2-5H,1H3,(H,10,11)(H,12,13);5,7H,4H2,1-3H3. The van der Waals surface area contributed by atoms with Crippen molar-refractivity contribution in [3.8, 4) is 0 Å². The highest BCUT2D eigenvalue weighted by molar-refractivity contribution is 5.91. The van der Waals surface area contributed by atoms with Crippen molar-refractivity contribution < 1.29 is 19.8 Å². The Balaban J connectivity index is 0.000000441. The highest BCUT2D eigenvalue weighted by atomic mass is 16.4. The molecule has 0 spiro atoms. The van der Waals surface area contributed by atoms with Crippen LogP contribution in [0, 0.1) is 0 Å². The largest absolute Gasteiger partial charge is 0.478 e. The van der Waals surface area contributed by atoms with Gasteiger partial charge in [0.15, 0.2) is 0 Å². The summed E-state index contributed by atoms with van der Waals surface area (Å²) in [5.41, 5.74) is 0.798. The molecule has 0 saturated heterocycles. The summed E-state index contributed by atoms with van der Waals surface area (Å²) in [6, 6.07) is 5.97. The van der Waals surface area contributed by atoms with Crippen molar-refractivity contribution in [2.75, 3.05) is 26.0 Å². The molecule has 112 valence electrons. The molecule has 1 rings (SSSR count). The van der Waals surface area contributed by atoms with Crippen LogP contribution in [0.3, 0.4) is 0 Å². The molecular formula is C14H22N2O4. The lowest BCUT2D eigenvalue weighted by atomic mass is 10.2. The highest BCUT2D eigenvalue weighted by Gasteiger charge is 2.01. The number of hydrogen-bond donors (Lipinski definition) is 3. The van der Waals surface area contributed by atoms with Crippen molar-refractivity contribution in [2.24, 2.45) is 0 Å². The number of carboxylic acid groups (broad SMARTS) is 1. The van der Waals surface area contributed by atoms with E-state index in [2.05, 4.69) is 5.32 Å². The van der Waals surface area contributed by atoms with Crippen LogP contribution in [0.5, 0.6) is 0 Å². The number of amides is 1. The minimum atomic E-state index is -0.977. The first-order valence-electron chi connectivity index (χ1n) is 6.16. The molecule has 0 aliphatic heterocycles. The smallest absolute Gasteiger partial charge is 0.335 e. The van der Waals surface area contributed by atoms with Gasteiger partial charge in [-0.3, -0.25) is 4.79 Å². The van der Waals surface area contributed by atoms with Crippen LogP contribution in [0.2, 0.25) is 0 Å². The van der Waals surface area contributed by atoms with Crippen molar-refractivity contribution in [3.63, 3.8) is 0 Å². The van der Waals surface area contributed by atoms with Gasteiger partial charge in [0.1, 0.15) is 0 Å². The summed E-state index contributed by atoms with van der Waals surface area (Å²) in [6.45, 7) is 3.92. The van der Waals surface area contributed by atoms with E-state index in [1.165, 1.54) is 19.1 Å². The van der Waals surface area contributed by atoms with E-state index in [1.807, 2.05) is 19.0 Å². The fraction of sp³-hybridized carbons (Fsp3) is 0.429. The summed E-state index contributed by atoms with van der Waals surface area (Å²) in [6.07, 6.45) is -0.199. The lowest BCUT2D eigenvalue weighted by molar-refractivity contribution is -0.114. The fourth-order valence-corrected chi connectivity index (χ4v) is 1.43. The molecular weight excluding hydrogens is 260 g/mol. The number of nitrogens with one attached hydrogen (secondary N) is 1. The number of benzene rings is 1. The Morgan fingerprint density at radius 3 is 2.00 bits per heavy atom. The first-order chi connectivity index (χ1) is 9.22. The van der Waals surface area contributed by atoms with Crippen LogP contribution in [-0.2, 0) is 4.79 Å². The minimum absolute atomic E-state index is 0.178. The Morgan fingerprint density at radius 1 is 1.25 bits per heavy atom. The van der Waals surface area contributed by atoms with Crippen LogP contribution < -0.4 is 5.32 Å². The summed E-state index contributed by atoms with van der Waals surface area (Å²) in [4.78, 5) is 23.0. The minimum Gasteiger partial charge on any atom is -0.478 e. The maximum absolute atomic E-state index is 10.6. The molecule has 3 N–H and O–H groups in total. The zero-order valence-electron chi connectivity index (χ0n) is 12.3. The van der Waals surface area contributed by atoms with Gasteiger partial charge in [0.05, 0.1) is 11.7 Å². The maximum Gasteiger partial charge on any atom is 0.335 e. The van der Waals surface area contributed by atoms with Gasteiger partial charge in [-0.25, -0.2) is 4.79 Å². The van der Waals surface area contributed by atoms with Crippen LogP contribution in [0.1, 0.15) is 24.2 Å². The molecule has 6 nitrogen and oxygen atoms in total. The predicted molar refractivity (Wildman–Crippen MR) is 77.9 cm³/mol. The van der Waals surface area contributed by atoms with E-state index in [0.29, 0.717) is 5.69 Å². The second-order valence-electron chi connectivity index (χ2n) is 4.67. The van der Waals surface area contributed by atoms with E-state index >= 15 is 0 Å². The van der Waals surface area contributed by atoms with E-state index in [0.717, 1.165) is 6.54 Å². The predicted octanol–water partition coefficient (Wildman–Crippen LogP) is 1.27. The van der Waals surface area contributed by atoms with Crippen LogP contribution >= 0.6 is 0 Å². The quantitative estimate of drug-likeness (QED) is 0.774. The first kappa shape index (κ1) is 18.1. The Bertz CT molecular complexity index is 421. The fourth-order valence-electron chi connectivity index (χ4n) is 1.43. The summed E-state index contributed by atoms with van der Waals surface area (Å²) in [5.74, 6) is -1.16. The third-order valence-electron chi connectivity index (χ3n) is 2.08. The van der Waals surface area contributed by atoms with Gasteiger partial charge < -0.3 is 20.4 Å². The molecule has 0 radical (unpaired) electrons. The number of carbonyl (C=O) groups excluding carboxylic acids is 1. The van der Waals surface area contributed by atoms with Crippen molar-refractivity contribution in [1.82, 2.24) is 4.90 Å². The summed E-state index contributed by atoms with van der Waals surface area (Å²) < 4.78 is 0. The Morgan fingerprint density at radius 2 is 1.75 bits per heavy atom. The second kappa shape index (κ2) is 9.06. The molecule has 1 unspecified atom stereocenters. The SMILES string of the molecule is CC(=O)Nc1ccc(C(=O)O)cc1.CC(O)CN(C)C. The van der Waals surface area contributed by atoms with E-state index in [1.54, 1.807) is 19.1 Å². The van der Waals surface area contributed by atoms with Crippen LogP contribution in [0.4, 0.5) is 5.69 Å². The van der Waals surface area contributed by atoms with Gasteiger partial charge in [0, 0.05) is 19.2 Å². The normalized spacial score (nSPS) is 11.3. The third kappa shape index (κ3) is 9.07. The number of carboxylic acids is 1. The number of carbonyl (C=O) groups is 2. The molecule has 0 heterocycles. The Kier molecular flexibility index (Phi) is 8.19. The van der Waals surface area contributed by atoms with Gasteiger partial charge in [-0.15, -0.1) is 0 Å². The average Bonchev–Trinajstić information content (AvgIpc) is 2.27. The summed E-state index contributed by atoms with van der Waals surface area (Å²) in [7, 11) is 3.87. The third-order valence-corrected chi connectivity index (χ3v) is 2.08. The number of hydrogen-bond acceptors (Lipinski definition) is 4. The van der Waals surface area contributed by atoms with Crippen molar-refractivity contribution in [1.29, 1.82) is 0 Å². The Labute approximate surface area is 119 Å².